The number of aromatic nitrogens is 4. The van der Waals surface area contributed by atoms with Crippen molar-refractivity contribution in [3.63, 3.8) is 0 Å². The van der Waals surface area contributed by atoms with Gasteiger partial charge in [0.05, 0.1) is 36.8 Å². The van der Waals surface area contributed by atoms with Crippen molar-refractivity contribution in [2.24, 2.45) is 7.05 Å². The molecule has 1 aromatic carbocycles. The summed E-state index contributed by atoms with van der Waals surface area (Å²) in [7, 11) is 3.56. The van der Waals surface area contributed by atoms with E-state index in [1.165, 1.54) is 0 Å². The molecule has 140 valence electrons. The Balaban J connectivity index is 1.76. The first kappa shape index (κ1) is 17.7. The van der Waals surface area contributed by atoms with Gasteiger partial charge in [-0.05, 0) is 24.3 Å². The lowest BCUT2D eigenvalue weighted by Crippen LogP contribution is -2.24. The van der Waals surface area contributed by atoms with Crippen LogP contribution in [0.4, 0.5) is 0 Å². The lowest BCUT2D eigenvalue weighted by Gasteiger charge is -2.11. The fraction of sp³-hybridized carbons (Fsp3) is 0.143. The van der Waals surface area contributed by atoms with Crippen molar-refractivity contribution in [3.05, 3.63) is 72.6 Å². The normalized spacial score (nSPS) is 10.8. The molecule has 4 aromatic rings. The summed E-state index contributed by atoms with van der Waals surface area (Å²) in [4.78, 5) is 25.8. The first-order valence-electron chi connectivity index (χ1n) is 8.80. The molecule has 0 aliphatic rings. The second kappa shape index (κ2) is 7.48. The highest BCUT2D eigenvalue weighted by atomic mass is 16.5. The van der Waals surface area contributed by atoms with Gasteiger partial charge in [0.25, 0.3) is 5.91 Å². The van der Waals surface area contributed by atoms with Crippen LogP contribution in [0, 0.1) is 0 Å². The highest BCUT2D eigenvalue weighted by molar-refractivity contribution is 6.05. The Kier molecular flexibility index (Phi) is 4.72. The second-order valence-electron chi connectivity index (χ2n) is 6.30. The summed E-state index contributed by atoms with van der Waals surface area (Å²) in [5.74, 6) is 0.438. The molecule has 4 rings (SSSR count). The zero-order valence-corrected chi connectivity index (χ0v) is 15.6. The quantitative estimate of drug-likeness (QED) is 0.582. The van der Waals surface area contributed by atoms with Gasteiger partial charge in [-0.1, -0.05) is 12.1 Å². The van der Waals surface area contributed by atoms with Crippen LogP contribution in [0.5, 0.6) is 5.75 Å². The number of pyridine rings is 1. The van der Waals surface area contributed by atoms with E-state index in [0.29, 0.717) is 22.8 Å². The van der Waals surface area contributed by atoms with Crippen molar-refractivity contribution in [1.82, 2.24) is 24.8 Å². The molecule has 28 heavy (non-hydrogen) atoms. The van der Waals surface area contributed by atoms with Gasteiger partial charge in [0.1, 0.15) is 11.4 Å². The Morgan fingerprint density at radius 1 is 1.21 bits per heavy atom. The van der Waals surface area contributed by atoms with Gasteiger partial charge in [0, 0.05) is 36.6 Å². The van der Waals surface area contributed by atoms with Crippen LogP contribution in [0.3, 0.4) is 0 Å². The Morgan fingerprint density at radius 2 is 2.07 bits per heavy atom. The SMILES string of the molecule is COc1ccccc1-c1cc2c(ccn2C)c(C(=O)NCc2cnccn2)n1. The number of carbonyl (C=O) groups is 1. The molecular weight excluding hydrogens is 354 g/mol. The first-order chi connectivity index (χ1) is 13.7. The Morgan fingerprint density at radius 3 is 2.86 bits per heavy atom. The monoisotopic (exact) mass is 373 g/mol. The maximum absolute atomic E-state index is 12.9. The third kappa shape index (κ3) is 3.29. The van der Waals surface area contributed by atoms with Gasteiger partial charge in [-0.2, -0.15) is 0 Å². The number of aryl methyl sites for hydroxylation is 1. The number of methoxy groups -OCH3 is 1. The van der Waals surface area contributed by atoms with Crippen molar-refractivity contribution in [1.29, 1.82) is 0 Å². The van der Waals surface area contributed by atoms with E-state index in [-0.39, 0.29) is 12.5 Å². The number of nitrogens with one attached hydrogen (secondary N) is 1. The average Bonchev–Trinajstić information content (AvgIpc) is 3.13. The maximum atomic E-state index is 12.9. The minimum atomic E-state index is -0.265. The summed E-state index contributed by atoms with van der Waals surface area (Å²) in [6.07, 6.45) is 6.73. The maximum Gasteiger partial charge on any atom is 0.270 e. The number of ether oxygens (including phenoxy) is 1. The van der Waals surface area contributed by atoms with Crippen molar-refractivity contribution >= 4 is 16.8 Å². The fourth-order valence-corrected chi connectivity index (χ4v) is 3.11. The van der Waals surface area contributed by atoms with Crippen LogP contribution in [0.25, 0.3) is 22.2 Å². The van der Waals surface area contributed by atoms with Crippen molar-refractivity contribution in [3.8, 4) is 17.0 Å². The molecule has 0 atom stereocenters. The van der Waals surface area contributed by atoms with Crippen LogP contribution in [-0.2, 0) is 13.6 Å². The molecule has 0 radical (unpaired) electrons. The molecule has 0 spiro atoms. The van der Waals surface area contributed by atoms with E-state index < -0.39 is 0 Å². The van der Waals surface area contributed by atoms with Crippen LogP contribution in [0.1, 0.15) is 16.2 Å². The molecular formula is C21H19N5O2. The number of carbonyl (C=O) groups excluding carboxylic acids is 1. The number of hydrogen-bond donors (Lipinski definition) is 1. The molecule has 0 aliphatic carbocycles. The van der Waals surface area contributed by atoms with Crippen LogP contribution in [0.15, 0.2) is 61.2 Å². The molecule has 0 aliphatic heterocycles. The molecule has 0 unspecified atom stereocenters. The van der Waals surface area contributed by atoms with Gasteiger partial charge in [-0.25, -0.2) is 4.98 Å². The van der Waals surface area contributed by atoms with E-state index in [1.54, 1.807) is 25.7 Å². The molecule has 0 bridgehead atoms. The minimum absolute atomic E-state index is 0.265. The molecule has 0 saturated carbocycles. The van der Waals surface area contributed by atoms with Crippen LogP contribution in [-0.4, -0.2) is 32.5 Å². The molecule has 1 amide bonds. The smallest absolute Gasteiger partial charge is 0.270 e. The molecule has 3 aromatic heterocycles. The van der Waals surface area contributed by atoms with Gasteiger partial charge in [-0.15, -0.1) is 0 Å². The van der Waals surface area contributed by atoms with E-state index in [4.69, 9.17) is 4.74 Å². The van der Waals surface area contributed by atoms with Gasteiger partial charge < -0.3 is 14.6 Å². The molecule has 3 heterocycles. The van der Waals surface area contributed by atoms with Crippen LogP contribution in [0.2, 0.25) is 0 Å². The third-order valence-electron chi connectivity index (χ3n) is 4.53. The molecule has 7 heteroatoms. The van der Waals surface area contributed by atoms with E-state index in [1.807, 2.05) is 54.2 Å². The zero-order valence-electron chi connectivity index (χ0n) is 15.6. The summed E-state index contributed by atoms with van der Waals surface area (Å²) >= 11 is 0. The van der Waals surface area contributed by atoms with Gasteiger partial charge in [0.15, 0.2) is 0 Å². The number of amides is 1. The largest absolute Gasteiger partial charge is 0.496 e. The van der Waals surface area contributed by atoms with E-state index in [9.17, 15) is 4.79 Å². The predicted octanol–water partition coefficient (Wildman–Crippen LogP) is 2.97. The average molecular weight is 373 g/mol. The van der Waals surface area contributed by atoms with Crippen LogP contribution < -0.4 is 10.1 Å². The number of nitrogens with zero attached hydrogens (tertiary/aromatic N) is 4. The summed E-state index contributed by atoms with van der Waals surface area (Å²) in [5.41, 5.74) is 3.47. The van der Waals surface area contributed by atoms with Gasteiger partial charge in [0.2, 0.25) is 0 Å². The summed E-state index contributed by atoms with van der Waals surface area (Å²) < 4.78 is 7.43. The van der Waals surface area contributed by atoms with Crippen molar-refractivity contribution in [2.75, 3.05) is 7.11 Å². The summed E-state index contributed by atoms with van der Waals surface area (Å²) in [5, 5.41) is 3.67. The first-order valence-corrected chi connectivity index (χ1v) is 8.80. The summed E-state index contributed by atoms with van der Waals surface area (Å²) in [6.45, 7) is 0.279. The van der Waals surface area contributed by atoms with Crippen LogP contribution >= 0.6 is 0 Å². The number of fused-ring (bicyclic) bond motifs is 1. The summed E-state index contributed by atoms with van der Waals surface area (Å²) in [6, 6.07) is 11.5. The number of rotatable bonds is 5. The number of hydrogen-bond acceptors (Lipinski definition) is 5. The van der Waals surface area contributed by atoms with Gasteiger partial charge in [-0.3, -0.25) is 14.8 Å². The number of benzene rings is 1. The topological polar surface area (TPSA) is 81.9 Å². The van der Waals surface area contributed by atoms with E-state index in [0.717, 1.165) is 16.5 Å². The number of para-hydroxylation sites is 1. The fourth-order valence-electron chi connectivity index (χ4n) is 3.11. The Hall–Kier alpha value is -3.74. The predicted molar refractivity (Wildman–Crippen MR) is 106 cm³/mol. The molecule has 0 fully saturated rings. The van der Waals surface area contributed by atoms with E-state index in [2.05, 4.69) is 20.3 Å². The standard InChI is InChI=1S/C21H19N5O2/c1-26-10-7-16-18(26)11-17(15-5-3-4-6-19(15)28-2)25-20(16)21(27)24-13-14-12-22-8-9-23-14/h3-12H,13H2,1-2H3,(H,24,27). The Labute approximate surface area is 162 Å². The highest BCUT2D eigenvalue weighted by Gasteiger charge is 2.18. The third-order valence-corrected chi connectivity index (χ3v) is 4.53. The second-order valence-corrected chi connectivity index (χ2v) is 6.30. The lowest BCUT2D eigenvalue weighted by molar-refractivity contribution is 0.0947. The van der Waals surface area contributed by atoms with Crippen molar-refractivity contribution < 1.29 is 9.53 Å². The molecule has 7 nitrogen and oxygen atoms in total. The Bertz CT molecular complexity index is 1140. The molecule has 1 N–H and O–H groups in total. The van der Waals surface area contributed by atoms with Gasteiger partial charge >= 0.3 is 0 Å². The molecule has 0 saturated heterocycles. The zero-order chi connectivity index (χ0) is 19.5. The lowest BCUT2D eigenvalue weighted by atomic mass is 10.1. The minimum Gasteiger partial charge on any atom is -0.496 e. The van der Waals surface area contributed by atoms with E-state index >= 15 is 0 Å². The van der Waals surface area contributed by atoms with Crippen molar-refractivity contribution in [2.45, 2.75) is 6.54 Å². The highest BCUT2D eigenvalue weighted by Crippen LogP contribution is 2.31.